The van der Waals surface area contributed by atoms with Crippen molar-refractivity contribution in [2.24, 2.45) is 5.73 Å². The Bertz CT molecular complexity index is 1540. The van der Waals surface area contributed by atoms with Crippen LogP contribution in [0.3, 0.4) is 0 Å². The first-order valence-electron chi connectivity index (χ1n) is 13.0. The second-order valence-electron chi connectivity index (χ2n) is 9.28. The third-order valence-corrected chi connectivity index (χ3v) is 6.30. The molecule has 0 aliphatic carbocycles. The number of nitrogens with one attached hydrogen (secondary N) is 1. The van der Waals surface area contributed by atoms with E-state index in [0.29, 0.717) is 34.5 Å². The van der Waals surface area contributed by atoms with Crippen LogP contribution in [0.5, 0.6) is 0 Å². The molecule has 4 rings (SSSR count). The number of aromatic nitrogens is 1. The summed E-state index contributed by atoms with van der Waals surface area (Å²) in [6.45, 7) is 2.53. The second-order valence-corrected chi connectivity index (χ2v) is 9.28. The lowest BCUT2D eigenvalue weighted by Crippen LogP contribution is -2.13. The van der Waals surface area contributed by atoms with E-state index in [9.17, 15) is 18.8 Å². The molecule has 1 heterocycles. The molecular weight excluding hydrogens is 509 g/mol. The number of Topliss-reactive ketones (excluding diaryl/α,β-unsaturated/α-hetero) is 1. The minimum absolute atomic E-state index is 0.104. The zero-order valence-electron chi connectivity index (χ0n) is 22.2. The zero-order valence-corrected chi connectivity index (χ0v) is 22.2. The van der Waals surface area contributed by atoms with Crippen molar-refractivity contribution in [2.75, 3.05) is 11.9 Å². The van der Waals surface area contributed by atoms with Crippen LogP contribution in [0.4, 0.5) is 10.1 Å². The maximum Gasteiger partial charge on any atom is 0.310 e. The van der Waals surface area contributed by atoms with Crippen LogP contribution in [0, 0.1) is 5.82 Å². The highest BCUT2D eigenvalue weighted by Gasteiger charge is 2.15. The van der Waals surface area contributed by atoms with Gasteiger partial charge in [-0.05, 0) is 70.6 Å². The number of amides is 1. The Morgan fingerprint density at radius 1 is 0.925 bits per heavy atom. The van der Waals surface area contributed by atoms with Gasteiger partial charge in [-0.1, -0.05) is 43.3 Å². The van der Waals surface area contributed by atoms with Crippen LogP contribution in [0.2, 0.25) is 0 Å². The van der Waals surface area contributed by atoms with Crippen LogP contribution in [0.15, 0.2) is 85.2 Å². The molecule has 40 heavy (non-hydrogen) atoms. The molecule has 3 aromatic carbocycles. The van der Waals surface area contributed by atoms with Crippen molar-refractivity contribution in [2.45, 2.75) is 32.7 Å². The van der Waals surface area contributed by atoms with Gasteiger partial charge in [-0.25, -0.2) is 4.39 Å². The SMILES string of the molecule is CCCOC(=O)Cc1cccc(NC(=O)c2cccc(-c3cc(C(=O)Cc4ccncc4F)ccc3CN)c2)c1. The minimum atomic E-state index is -0.532. The lowest BCUT2D eigenvalue weighted by molar-refractivity contribution is -0.142. The van der Waals surface area contributed by atoms with E-state index in [-0.39, 0.29) is 42.6 Å². The Morgan fingerprint density at radius 3 is 2.52 bits per heavy atom. The van der Waals surface area contributed by atoms with Crippen molar-refractivity contribution in [3.05, 3.63) is 119 Å². The maximum absolute atomic E-state index is 14.0. The second kappa shape index (κ2) is 13.4. The molecule has 0 fully saturated rings. The predicted octanol–water partition coefficient (Wildman–Crippen LogP) is 5.52. The Labute approximate surface area is 232 Å². The quantitative estimate of drug-likeness (QED) is 0.192. The number of ketones is 1. The van der Waals surface area contributed by atoms with Crippen molar-refractivity contribution in [1.29, 1.82) is 0 Å². The number of rotatable bonds is 11. The highest BCUT2D eigenvalue weighted by Crippen LogP contribution is 2.27. The van der Waals surface area contributed by atoms with Gasteiger partial charge in [0, 0.05) is 36.0 Å². The van der Waals surface area contributed by atoms with Gasteiger partial charge in [-0.15, -0.1) is 0 Å². The third kappa shape index (κ3) is 7.24. The summed E-state index contributed by atoms with van der Waals surface area (Å²) >= 11 is 0. The average molecular weight is 540 g/mol. The number of hydrogen-bond donors (Lipinski definition) is 2. The van der Waals surface area contributed by atoms with Crippen molar-refractivity contribution in [3.8, 4) is 11.1 Å². The minimum Gasteiger partial charge on any atom is -0.465 e. The molecule has 0 saturated heterocycles. The van der Waals surface area contributed by atoms with Crippen molar-refractivity contribution in [1.82, 2.24) is 4.98 Å². The number of esters is 1. The van der Waals surface area contributed by atoms with Gasteiger partial charge in [-0.3, -0.25) is 19.4 Å². The molecule has 8 heteroatoms. The van der Waals surface area contributed by atoms with Crippen LogP contribution in [-0.4, -0.2) is 29.3 Å². The highest BCUT2D eigenvalue weighted by atomic mass is 19.1. The smallest absolute Gasteiger partial charge is 0.310 e. The number of halogens is 1. The Morgan fingerprint density at radius 2 is 1.75 bits per heavy atom. The van der Waals surface area contributed by atoms with Gasteiger partial charge in [0.15, 0.2) is 5.78 Å². The first kappa shape index (κ1) is 28.3. The molecule has 4 aromatic rings. The van der Waals surface area contributed by atoms with Gasteiger partial charge in [0.25, 0.3) is 5.91 Å². The third-order valence-electron chi connectivity index (χ3n) is 6.30. The summed E-state index contributed by atoms with van der Waals surface area (Å²) in [5.74, 6) is -1.43. The molecule has 0 saturated carbocycles. The fourth-order valence-corrected chi connectivity index (χ4v) is 4.24. The predicted molar refractivity (Wildman–Crippen MR) is 151 cm³/mol. The average Bonchev–Trinajstić information content (AvgIpc) is 2.97. The molecule has 0 radical (unpaired) electrons. The molecule has 7 nitrogen and oxygen atoms in total. The number of anilines is 1. The summed E-state index contributed by atoms with van der Waals surface area (Å²) in [6, 6.07) is 20.7. The molecule has 0 aliphatic rings. The van der Waals surface area contributed by atoms with E-state index in [1.807, 2.05) is 13.0 Å². The van der Waals surface area contributed by atoms with Crippen molar-refractivity contribution >= 4 is 23.3 Å². The monoisotopic (exact) mass is 539 g/mol. The topological polar surface area (TPSA) is 111 Å². The molecule has 0 spiro atoms. The molecule has 0 bridgehead atoms. The summed E-state index contributed by atoms with van der Waals surface area (Å²) in [6.07, 6.45) is 3.29. The summed E-state index contributed by atoms with van der Waals surface area (Å²) in [5, 5.41) is 2.87. The van der Waals surface area contributed by atoms with Crippen LogP contribution in [0.1, 0.15) is 50.8 Å². The first-order chi connectivity index (χ1) is 19.4. The fraction of sp³-hybridized carbons (Fsp3) is 0.188. The largest absolute Gasteiger partial charge is 0.465 e. The molecule has 1 aromatic heterocycles. The van der Waals surface area contributed by atoms with Gasteiger partial charge in [-0.2, -0.15) is 0 Å². The van der Waals surface area contributed by atoms with Gasteiger partial charge in [0.05, 0.1) is 19.2 Å². The van der Waals surface area contributed by atoms with E-state index in [0.717, 1.165) is 23.7 Å². The van der Waals surface area contributed by atoms with Gasteiger partial charge >= 0.3 is 5.97 Å². The Hall–Kier alpha value is -4.69. The number of nitrogens with two attached hydrogens (primary N) is 1. The number of ether oxygens (including phenoxy) is 1. The highest BCUT2D eigenvalue weighted by molar-refractivity contribution is 6.05. The van der Waals surface area contributed by atoms with E-state index in [1.165, 1.54) is 12.3 Å². The molecule has 1 amide bonds. The van der Waals surface area contributed by atoms with Crippen molar-refractivity contribution < 1.29 is 23.5 Å². The van der Waals surface area contributed by atoms with Crippen LogP contribution < -0.4 is 11.1 Å². The maximum atomic E-state index is 14.0. The summed E-state index contributed by atoms with van der Waals surface area (Å²) in [5.41, 5.74) is 10.6. The molecule has 204 valence electrons. The first-order valence-corrected chi connectivity index (χ1v) is 13.0. The van der Waals surface area contributed by atoms with E-state index in [2.05, 4.69) is 10.3 Å². The molecule has 0 atom stereocenters. The summed E-state index contributed by atoms with van der Waals surface area (Å²) in [7, 11) is 0. The van der Waals surface area contributed by atoms with Crippen molar-refractivity contribution in [3.63, 3.8) is 0 Å². The standard InChI is InChI=1S/C32H30FN3O4/c1-2-13-40-31(38)15-21-5-3-8-27(14-21)36-32(39)25-7-4-6-22(16-25)28-17-24(9-10-26(28)19-34)30(37)18-23-11-12-35-20-29(23)33/h3-12,14,16-17,20H,2,13,15,18-19,34H2,1H3,(H,36,39). The summed E-state index contributed by atoms with van der Waals surface area (Å²) in [4.78, 5) is 41.8. The van der Waals surface area contributed by atoms with E-state index < -0.39 is 5.82 Å². The molecular formula is C32H30FN3O4. The number of carbonyl (C=O) groups excluding carboxylic acids is 3. The molecule has 0 aliphatic heterocycles. The summed E-state index contributed by atoms with van der Waals surface area (Å²) < 4.78 is 19.2. The Kier molecular flexibility index (Phi) is 9.48. The van der Waals surface area contributed by atoms with E-state index >= 15 is 0 Å². The van der Waals surface area contributed by atoms with E-state index in [4.69, 9.17) is 10.5 Å². The normalized spacial score (nSPS) is 10.7. The number of hydrogen-bond acceptors (Lipinski definition) is 6. The van der Waals surface area contributed by atoms with Crippen LogP contribution in [-0.2, 0) is 28.9 Å². The van der Waals surface area contributed by atoms with E-state index in [1.54, 1.807) is 60.7 Å². The number of pyridine rings is 1. The number of carbonyl (C=O) groups is 3. The molecule has 0 unspecified atom stereocenters. The lowest BCUT2D eigenvalue weighted by Gasteiger charge is -2.13. The van der Waals surface area contributed by atoms with Gasteiger partial charge in [0.1, 0.15) is 5.82 Å². The van der Waals surface area contributed by atoms with Gasteiger partial charge in [0.2, 0.25) is 0 Å². The zero-order chi connectivity index (χ0) is 28.5. The Balaban J connectivity index is 1.53. The van der Waals surface area contributed by atoms with Crippen LogP contribution in [0.25, 0.3) is 11.1 Å². The molecule has 3 N–H and O–H groups in total. The number of benzene rings is 3. The number of nitrogens with zero attached hydrogens (tertiary/aromatic N) is 1. The van der Waals surface area contributed by atoms with Crippen LogP contribution >= 0.6 is 0 Å². The lowest BCUT2D eigenvalue weighted by atomic mass is 9.93. The fourth-order valence-electron chi connectivity index (χ4n) is 4.24. The van der Waals surface area contributed by atoms with Gasteiger partial charge < -0.3 is 15.8 Å².